The van der Waals surface area contributed by atoms with Gasteiger partial charge in [0, 0.05) is 5.54 Å². The lowest BCUT2D eigenvalue weighted by Gasteiger charge is -2.41. The molecule has 0 amide bonds. The molecule has 0 heterocycles. The van der Waals surface area contributed by atoms with Gasteiger partial charge < -0.3 is 10.5 Å². The van der Waals surface area contributed by atoms with Gasteiger partial charge in [-0.2, -0.15) is 0 Å². The Morgan fingerprint density at radius 3 is 2.11 bits per heavy atom. The lowest BCUT2D eigenvalue weighted by Crippen LogP contribution is -2.42. The molecule has 0 saturated heterocycles. The van der Waals surface area contributed by atoms with E-state index in [9.17, 15) is 0 Å². The minimum atomic E-state index is -0.139. The van der Waals surface area contributed by atoms with Crippen LogP contribution in [0.5, 0.6) is 5.75 Å². The van der Waals surface area contributed by atoms with Gasteiger partial charge in [0.05, 0.1) is 6.61 Å². The molecule has 1 aromatic rings. The van der Waals surface area contributed by atoms with E-state index in [2.05, 4.69) is 26.0 Å². The first-order valence-electron chi connectivity index (χ1n) is 6.97. The van der Waals surface area contributed by atoms with E-state index < -0.39 is 0 Å². The van der Waals surface area contributed by atoms with Gasteiger partial charge in [0.15, 0.2) is 0 Å². The summed E-state index contributed by atoms with van der Waals surface area (Å²) in [6.45, 7) is 7.39. The molecule has 1 aliphatic rings. The van der Waals surface area contributed by atoms with Crippen molar-refractivity contribution in [2.75, 3.05) is 6.61 Å². The van der Waals surface area contributed by atoms with Crippen LogP contribution >= 0.6 is 0 Å². The standard InChI is InChI=1S/C16H25NO/c1-4-18-14-7-5-13(6-8-14)16(17)11-9-15(2,3)10-12-16/h5-8H,4,9-12,17H2,1-3H3. The smallest absolute Gasteiger partial charge is 0.119 e. The Morgan fingerprint density at radius 1 is 1.06 bits per heavy atom. The van der Waals surface area contributed by atoms with Crippen molar-refractivity contribution >= 4 is 0 Å². The molecule has 1 aliphatic carbocycles. The van der Waals surface area contributed by atoms with Crippen molar-refractivity contribution in [3.05, 3.63) is 29.8 Å². The fourth-order valence-electron chi connectivity index (χ4n) is 2.71. The van der Waals surface area contributed by atoms with Gasteiger partial charge >= 0.3 is 0 Å². The normalized spacial score (nSPS) is 21.6. The fraction of sp³-hybridized carbons (Fsp3) is 0.625. The molecule has 2 N–H and O–H groups in total. The SMILES string of the molecule is CCOc1ccc(C2(N)CCC(C)(C)CC2)cc1. The summed E-state index contributed by atoms with van der Waals surface area (Å²) < 4.78 is 5.47. The summed E-state index contributed by atoms with van der Waals surface area (Å²) in [4.78, 5) is 0. The minimum Gasteiger partial charge on any atom is -0.494 e. The van der Waals surface area contributed by atoms with E-state index in [1.165, 1.54) is 18.4 Å². The Morgan fingerprint density at radius 2 is 1.61 bits per heavy atom. The lowest BCUT2D eigenvalue weighted by molar-refractivity contribution is 0.165. The van der Waals surface area contributed by atoms with Crippen LogP contribution in [0.2, 0.25) is 0 Å². The van der Waals surface area contributed by atoms with E-state index in [1.807, 2.05) is 19.1 Å². The van der Waals surface area contributed by atoms with Crippen molar-refractivity contribution < 1.29 is 4.74 Å². The van der Waals surface area contributed by atoms with Gasteiger partial charge in [0.1, 0.15) is 5.75 Å². The van der Waals surface area contributed by atoms with Crippen molar-refractivity contribution in [1.29, 1.82) is 0 Å². The van der Waals surface area contributed by atoms with Crippen LogP contribution < -0.4 is 10.5 Å². The van der Waals surface area contributed by atoms with Crippen molar-refractivity contribution in [2.45, 2.75) is 52.0 Å². The predicted octanol–water partition coefficient (Wildman–Crippen LogP) is 3.84. The molecule has 2 rings (SSSR count). The van der Waals surface area contributed by atoms with Crippen molar-refractivity contribution in [3.8, 4) is 5.75 Å². The van der Waals surface area contributed by atoms with Crippen molar-refractivity contribution in [1.82, 2.24) is 0 Å². The molecular weight excluding hydrogens is 222 g/mol. The monoisotopic (exact) mass is 247 g/mol. The average Bonchev–Trinajstić information content (AvgIpc) is 2.35. The summed E-state index contributed by atoms with van der Waals surface area (Å²) in [5.74, 6) is 0.931. The van der Waals surface area contributed by atoms with Crippen molar-refractivity contribution in [2.24, 2.45) is 11.1 Å². The second-order valence-electron chi connectivity index (χ2n) is 6.28. The molecule has 0 aliphatic heterocycles. The lowest BCUT2D eigenvalue weighted by atomic mass is 9.67. The first-order chi connectivity index (χ1) is 8.45. The van der Waals surface area contributed by atoms with Gasteiger partial charge in [0.25, 0.3) is 0 Å². The summed E-state index contributed by atoms with van der Waals surface area (Å²) in [6.07, 6.45) is 4.56. The van der Waals surface area contributed by atoms with Crippen LogP contribution in [0.4, 0.5) is 0 Å². The third kappa shape index (κ3) is 2.86. The average molecular weight is 247 g/mol. The molecule has 1 fully saturated rings. The molecule has 18 heavy (non-hydrogen) atoms. The quantitative estimate of drug-likeness (QED) is 0.880. The van der Waals surface area contributed by atoms with Gasteiger partial charge in [-0.05, 0) is 55.7 Å². The number of nitrogens with two attached hydrogens (primary N) is 1. The summed E-state index contributed by atoms with van der Waals surface area (Å²) in [6, 6.07) is 8.33. The molecule has 1 saturated carbocycles. The van der Waals surface area contributed by atoms with Crippen LogP contribution in [0.25, 0.3) is 0 Å². The summed E-state index contributed by atoms with van der Waals surface area (Å²) in [5.41, 5.74) is 8.15. The molecular formula is C16H25NO. The maximum Gasteiger partial charge on any atom is 0.119 e. The highest BCUT2D eigenvalue weighted by atomic mass is 16.5. The zero-order chi connectivity index (χ0) is 13.2. The Balaban J connectivity index is 2.11. The molecule has 0 unspecified atom stereocenters. The van der Waals surface area contributed by atoms with Crippen molar-refractivity contribution in [3.63, 3.8) is 0 Å². The van der Waals surface area contributed by atoms with E-state index in [-0.39, 0.29) is 5.54 Å². The zero-order valence-corrected chi connectivity index (χ0v) is 11.8. The number of hydrogen-bond acceptors (Lipinski definition) is 2. The second kappa shape index (κ2) is 4.93. The first-order valence-corrected chi connectivity index (χ1v) is 6.97. The predicted molar refractivity (Wildman–Crippen MR) is 75.7 cm³/mol. The summed E-state index contributed by atoms with van der Waals surface area (Å²) in [7, 11) is 0. The summed E-state index contributed by atoms with van der Waals surface area (Å²) in [5, 5.41) is 0. The van der Waals surface area contributed by atoms with Crippen LogP contribution in [0.1, 0.15) is 52.0 Å². The van der Waals surface area contributed by atoms with E-state index in [0.29, 0.717) is 12.0 Å². The molecule has 0 atom stereocenters. The van der Waals surface area contributed by atoms with Crippen LogP contribution in [-0.2, 0) is 5.54 Å². The molecule has 0 bridgehead atoms. The topological polar surface area (TPSA) is 35.2 Å². The maximum atomic E-state index is 6.58. The third-order valence-corrected chi connectivity index (χ3v) is 4.24. The minimum absolute atomic E-state index is 0.139. The molecule has 1 aromatic carbocycles. The van der Waals surface area contributed by atoms with E-state index in [4.69, 9.17) is 10.5 Å². The molecule has 100 valence electrons. The first kappa shape index (κ1) is 13.4. The van der Waals surface area contributed by atoms with E-state index in [0.717, 1.165) is 18.6 Å². The number of rotatable bonds is 3. The second-order valence-corrected chi connectivity index (χ2v) is 6.28. The largest absolute Gasteiger partial charge is 0.494 e. The van der Waals surface area contributed by atoms with E-state index >= 15 is 0 Å². The molecule has 2 heteroatoms. The van der Waals surface area contributed by atoms with Crippen LogP contribution in [0.15, 0.2) is 24.3 Å². The van der Waals surface area contributed by atoms with Gasteiger partial charge in [-0.25, -0.2) is 0 Å². The van der Waals surface area contributed by atoms with E-state index in [1.54, 1.807) is 0 Å². The maximum absolute atomic E-state index is 6.58. The number of hydrogen-bond donors (Lipinski definition) is 1. The van der Waals surface area contributed by atoms with Gasteiger partial charge in [0.2, 0.25) is 0 Å². The number of ether oxygens (including phenoxy) is 1. The molecule has 0 aromatic heterocycles. The Bertz CT molecular complexity index is 384. The zero-order valence-electron chi connectivity index (χ0n) is 11.8. The van der Waals surface area contributed by atoms with Gasteiger partial charge in [-0.3, -0.25) is 0 Å². The third-order valence-electron chi connectivity index (χ3n) is 4.24. The highest BCUT2D eigenvalue weighted by Gasteiger charge is 2.36. The molecule has 2 nitrogen and oxygen atoms in total. The highest BCUT2D eigenvalue weighted by Crippen LogP contribution is 2.43. The Labute approximate surface area is 111 Å². The Hall–Kier alpha value is -1.02. The Kier molecular flexibility index (Phi) is 3.67. The van der Waals surface area contributed by atoms with Crippen LogP contribution in [0.3, 0.4) is 0 Å². The van der Waals surface area contributed by atoms with Gasteiger partial charge in [-0.15, -0.1) is 0 Å². The molecule has 0 radical (unpaired) electrons. The van der Waals surface area contributed by atoms with Crippen LogP contribution in [-0.4, -0.2) is 6.61 Å². The fourth-order valence-corrected chi connectivity index (χ4v) is 2.71. The summed E-state index contributed by atoms with van der Waals surface area (Å²) >= 11 is 0. The van der Waals surface area contributed by atoms with Gasteiger partial charge in [-0.1, -0.05) is 26.0 Å². The highest BCUT2D eigenvalue weighted by molar-refractivity contribution is 5.32. The van der Waals surface area contributed by atoms with Crippen LogP contribution in [0, 0.1) is 5.41 Å². The number of benzene rings is 1. The molecule has 0 spiro atoms.